The number of hydrogen-bond donors (Lipinski definition) is 3. The quantitative estimate of drug-likeness (QED) is 0.337. The Labute approximate surface area is 91.1 Å². The summed E-state index contributed by atoms with van der Waals surface area (Å²) < 4.78 is 72.2. The monoisotopic (exact) mass is 299 g/mol. The van der Waals surface area contributed by atoms with E-state index >= 15 is 0 Å². The van der Waals surface area contributed by atoms with Crippen molar-refractivity contribution in [2.45, 2.75) is 0 Å². The molecule has 0 aliphatic heterocycles. The van der Waals surface area contributed by atoms with Crippen LogP contribution in [0.1, 0.15) is 0 Å². The van der Waals surface area contributed by atoms with Gasteiger partial charge in [0.05, 0.1) is 34.1 Å². The van der Waals surface area contributed by atoms with Crippen LogP contribution in [0.4, 0.5) is 0 Å². The zero-order valence-corrected chi connectivity index (χ0v) is 8.92. The van der Waals surface area contributed by atoms with Gasteiger partial charge in [-0.1, -0.05) is 0 Å². The summed E-state index contributed by atoms with van der Waals surface area (Å²) in [6.07, 6.45) is 0. The second-order valence-electron chi connectivity index (χ2n) is 0.651. The van der Waals surface area contributed by atoms with Crippen molar-refractivity contribution in [2.24, 2.45) is 0 Å². The van der Waals surface area contributed by atoms with E-state index in [-0.39, 0.29) is 17.1 Å². The van der Waals surface area contributed by atoms with Crippen molar-refractivity contribution in [1.82, 2.24) is 0 Å². The fraction of sp³-hybridized carbons (Fsp3) is 0. The number of rotatable bonds is 0. The predicted molar refractivity (Wildman–Crippen MR) is 34.6 cm³/mol. The molecule has 0 aliphatic carbocycles. The Hall–Kier alpha value is 0.729. The van der Waals surface area contributed by atoms with E-state index in [1.165, 1.54) is 0 Å². The first kappa shape index (κ1) is 23.5. The Kier molecular flexibility index (Phi) is 33.4. The topological polar surface area (TPSA) is 181 Å². The standard InChI is InChI=1S/Fe.3H2O3S/c;3*1-4(2)3/h;3*(H2,1,2,3)/q+3;;;/p-3. The van der Waals surface area contributed by atoms with Crippen molar-refractivity contribution >= 4 is 34.1 Å². The Morgan fingerprint density at radius 2 is 0.692 bits per heavy atom. The van der Waals surface area contributed by atoms with Gasteiger partial charge in [-0.05, 0) is 0 Å². The summed E-state index contributed by atoms with van der Waals surface area (Å²) in [5, 5.41) is 0. The smallest absolute Gasteiger partial charge is 0.750 e. The molecule has 0 heterocycles. The van der Waals surface area contributed by atoms with Gasteiger partial charge in [0.15, 0.2) is 0 Å². The largest absolute Gasteiger partial charge is 3.00 e. The summed E-state index contributed by atoms with van der Waals surface area (Å²) in [6.45, 7) is 0. The molecular weight excluding hydrogens is 296 g/mol. The van der Waals surface area contributed by atoms with Crippen LogP contribution < -0.4 is 0 Å². The van der Waals surface area contributed by atoms with Crippen molar-refractivity contribution in [1.29, 1.82) is 0 Å². The summed E-state index contributed by atoms with van der Waals surface area (Å²) in [5.41, 5.74) is 0. The van der Waals surface area contributed by atoms with Crippen LogP contribution in [-0.2, 0) is 51.2 Å². The van der Waals surface area contributed by atoms with Crippen LogP contribution in [0.3, 0.4) is 0 Å². The van der Waals surface area contributed by atoms with Crippen LogP contribution in [-0.4, -0.2) is 39.9 Å². The Balaban J connectivity index is -0.0000000450. The molecule has 0 rings (SSSR count). The molecule has 3 atom stereocenters. The molecule has 0 aliphatic rings. The molecule has 3 N–H and O–H groups in total. The van der Waals surface area contributed by atoms with E-state index < -0.39 is 34.1 Å². The molecule has 3 unspecified atom stereocenters. The molecule has 0 aromatic carbocycles. The van der Waals surface area contributed by atoms with Gasteiger partial charge in [-0.15, -0.1) is 0 Å². The Morgan fingerprint density at radius 3 is 0.692 bits per heavy atom. The molecule has 0 saturated heterocycles. The summed E-state index contributed by atoms with van der Waals surface area (Å²) >= 11 is -8.58. The Morgan fingerprint density at radius 1 is 0.692 bits per heavy atom. The molecule has 0 amide bonds. The molecule has 0 saturated carbocycles. The third-order valence-corrected chi connectivity index (χ3v) is 0. The minimum Gasteiger partial charge on any atom is -0.750 e. The third kappa shape index (κ3) is 2750. The van der Waals surface area contributed by atoms with Gasteiger partial charge in [-0.3, -0.25) is 0 Å². The van der Waals surface area contributed by atoms with Gasteiger partial charge in [0.25, 0.3) is 0 Å². The minimum absolute atomic E-state index is 0. The second-order valence-corrected chi connectivity index (χ2v) is 1.95. The van der Waals surface area contributed by atoms with Crippen LogP contribution in [0.15, 0.2) is 0 Å². The molecule has 1 radical (unpaired) electrons. The van der Waals surface area contributed by atoms with E-state index in [0.29, 0.717) is 0 Å². The fourth-order valence-corrected chi connectivity index (χ4v) is 0. The third-order valence-electron chi connectivity index (χ3n) is 0. The fourth-order valence-electron chi connectivity index (χ4n) is 0. The molecule has 0 aromatic heterocycles. The Bertz CT molecular complexity index is 112. The van der Waals surface area contributed by atoms with E-state index in [1.54, 1.807) is 0 Å². The van der Waals surface area contributed by atoms with Crippen LogP contribution in [0.5, 0.6) is 0 Å². The zero-order chi connectivity index (χ0) is 10.7. The van der Waals surface area contributed by atoms with Gasteiger partial charge in [0.2, 0.25) is 0 Å². The first-order valence-corrected chi connectivity index (χ1v) is 4.64. The van der Waals surface area contributed by atoms with Gasteiger partial charge in [0.1, 0.15) is 0 Å². The molecule has 0 bridgehead atoms. The molecule has 13 heteroatoms. The van der Waals surface area contributed by atoms with Crippen molar-refractivity contribution < 1.29 is 57.0 Å². The van der Waals surface area contributed by atoms with Crippen molar-refractivity contribution in [3.05, 3.63) is 0 Å². The van der Waals surface area contributed by atoms with Crippen LogP contribution in [0.2, 0.25) is 0 Å². The maximum atomic E-state index is 8.56. The van der Waals surface area contributed by atoms with E-state index in [9.17, 15) is 0 Å². The molecule has 9 nitrogen and oxygen atoms in total. The maximum absolute atomic E-state index is 8.56. The van der Waals surface area contributed by atoms with E-state index in [4.69, 9.17) is 39.9 Å². The average Bonchev–Trinajstić information content (AvgIpc) is 1.54. The van der Waals surface area contributed by atoms with Crippen molar-refractivity contribution in [2.75, 3.05) is 0 Å². The normalized spacial score (nSPS) is 14.3. The first-order chi connectivity index (χ1) is 5.20. The van der Waals surface area contributed by atoms with Gasteiger partial charge in [0, 0.05) is 0 Å². The molecular formula is H3FeO9S3. The van der Waals surface area contributed by atoms with E-state index in [0.717, 1.165) is 0 Å². The zero-order valence-electron chi connectivity index (χ0n) is 5.37. The van der Waals surface area contributed by atoms with Gasteiger partial charge >= 0.3 is 17.1 Å². The predicted octanol–water partition coefficient (Wildman–Crippen LogP) is -1.99. The average molecular weight is 299 g/mol. The van der Waals surface area contributed by atoms with Gasteiger partial charge in [-0.25, -0.2) is 12.6 Å². The van der Waals surface area contributed by atoms with Crippen LogP contribution in [0, 0.1) is 0 Å². The molecule has 0 aromatic rings. The SMILES string of the molecule is O=S([O-])O.O=S([O-])O.O=S([O-])O.[Fe+3]. The molecule has 83 valence electrons. The van der Waals surface area contributed by atoms with E-state index in [1.807, 2.05) is 0 Å². The van der Waals surface area contributed by atoms with Crippen molar-refractivity contribution in [3.63, 3.8) is 0 Å². The van der Waals surface area contributed by atoms with E-state index in [2.05, 4.69) is 0 Å². The van der Waals surface area contributed by atoms with Gasteiger partial charge in [-0.2, -0.15) is 0 Å². The van der Waals surface area contributed by atoms with Gasteiger partial charge < -0.3 is 27.3 Å². The second kappa shape index (κ2) is 18.5. The molecule has 0 fully saturated rings. The summed E-state index contributed by atoms with van der Waals surface area (Å²) in [7, 11) is 0. The maximum Gasteiger partial charge on any atom is 3.00 e. The first-order valence-electron chi connectivity index (χ1n) is 1.55. The summed E-state index contributed by atoms with van der Waals surface area (Å²) in [6, 6.07) is 0. The van der Waals surface area contributed by atoms with Crippen molar-refractivity contribution in [3.8, 4) is 0 Å². The molecule has 13 heavy (non-hydrogen) atoms. The minimum atomic E-state index is -2.86. The number of hydrogen-bond acceptors (Lipinski definition) is 6. The summed E-state index contributed by atoms with van der Waals surface area (Å²) in [4.78, 5) is 0. The van der Waals surface area contributed by atoms with Crippen LogP contribution >= 0.6 is 0 Å². The van der Waals surface area contributed by atoms with Crippen LogP contribution in [0.25, 0.3) is 0 Å². The summed E-state index contributed by atoms with van der Waals surface area (Å²) in [5.74, 6) is 0. The molecule has 0 spiro atoms.